The molecule has 0 unspecified atom stereocenters. The molecule has 1 atom stereocenters. The van der Waals surface area contributed by atoms with E-state index in [4.69, 9.17) is 0 Å². The number of imidazole rings is 1. The highest BCUT2D eigenvalue weighted by atomic mass is 16.6. The predicted molar refractivity (Wildman–Crippen MR) is 118 cm³/mol. The van der Waals surface area contributed by atoms with Crippen LogP contribution >= 0.6 is 0 Å². The Kier molecular flexibility index (Phi) is 5.97. The first-order valence-electron chi connectivity index (χ1n) is 10.4. The molecule has 2 aromatic carbocycles. The molecule has 8 nitrogen and oxygen atoms in total. The SMILES string of the molecule is Cn1ccnc1[C@H](NC(=O)C1CCN(c2ccccc2[N+](=O)[O-])CC1)c1ccccc1. The summed E-state index contributed by atoms with van der Waals surface area (Å²) in [6.07, 6.45) is 4.87. The van der Waals surface area contributed by atoms with E-state index in [1.54, 1.807) is 24.4 Å². The maximum atomic E-state index is 13.1. The number of para-hydroxylation sites is 2. The molecule has 0 radical (unpaired) electrons. The van der Waals surface area contributed by atoms with Crippen LogP contribution in [0.2, 0.25) is 0 Å². The van der Waals surface area contributed by atoms with Crippen LogP contribution in [0.1, 0.15) is 30.3 Å². The molecule has 1 N–H and O–H groups in total. The second-order valence-corrected chi connectivity index (χ2v) is 7.76. The van der Waals surface area contributed by atoms with Gasteiger partial charge in [0, 0.05) is 44.5 Å². The van der Waals surface area contributed by atoms with Gasteiger partial charge in [0.25, 0.3) is 5.69 Å². The zero-order valence-electron chi connectivity index (χ0n) is 17.3. The molecule has 0 aliphatic carbocycles. The number of piperidine rings is 1. The molecule has 1 aliphatic heterocycles. The number of rotatable bonds is 6. The Morgan fingerprint density at radius 2 is 1.81 bits per heavy atom. The first kappa shape index (κ1) is 20.6. The Morgan fingerprint density at radius 1 is 1.13 bits per heavy atom. The van der Waals surface area contributed by atoms with Crippen molar-refractivity contribution in [3.63, 3.8) is 0 Å². The zero-order chi connectivity index (χ0) is 21.8. The Morgan fingerprint density at radius 3 is 2.45 bits per heavy atom. The monoisotopic (exact) mass is 419 g/mol. The second-order valence-electron chi connectivity index (χ2n) is 7.76. The molecule has 1 aliphatic rings. The van der Waals surface area contributed by atoms with Gasteiger partial charge in [-0.1, -0.05) is 42.5 Å². The van der Waals surface area contributed by atoms with Gasteiger partial charge in [-0.05, 0) is 24.5 Å². The number of nitro benzene ring substituents is 1. The molecule has 1 saturated heterocycles. The van der Waals surface area contributed by atoms with Crippen molar-refractivity contribution in [2.75, 3.05) is 18.0 Å². The van der Waals surface area contributed by atoms with Crippen molar-refractivity contribution >= 4 is 17.3 Å². The van der Waals surface area contributed by atoms with Gasteiger partial charge in [0.15, 0.2) is 0 Å². The molecule has 4 rings (SSSR count). The van der Waals surface area contributed by atoms with E-state index in [9.17, 15) is 14.9 Å². The van der Waals surface area contributed by atoms with Gasteiger partial charge in [-0.15, -0.1) is 0 Å². The van der Waals surface area contributed by atoms with Crippen molar-refractivity contribution in [1.82, 2.24) is 14.9 Å². The third-order valence-corrected chi connectivity index (χ3v) is 5.82. The summed E-state index contributed by atoms with van der Waals surface area (Å²) in [4.78, 5) is 30.6. The third-order valence-electron chi connectivity index (χ3n) is 5.82. The van der Waals surface area contributed by atoms with Gasteiger partial charge in [0.05, 0.1) is 4.92 Å². The lowest BCUT2D eigenvalue weighted by atomic mass is 9.94. The summed E-state index contributed by atoms with van der Waals surface area (Å²) in [6, 6.07) is 16.2. The van der Waals surface area contributed by atoms with Gasteiger partial charge >= 0.3 is 0 Å². The first-order valence-corrected chi connectivity index (χ1v) is 10.4. The highest BCUT2D eigenvalue weighted by molar-refractivity contribution is 5.80. The summed E-state index contributed by atoms with van der Waals surface area (Å²) >= 11 is 0. The van der Waals surface area contributed by atoms with Gasteiger partial charge in [0.1, 0.15) is 17.6 Å². The van der Waals surface area contributed by atoms with Crippen LogP contribution in [0.15, 0.2) is 67.0 Å². The van der Waals surface area contributed by atoms with Crippen LogP contribution in [0, 0.1) is 16.0 Å². The number of benzene rings is 2. The number of aromatic nitrogens is 2. The Hall–Kier alpha value is -3.68. The van der Waals surface area contributed by atoms with Crippen molar-refractivity contribution in [3.05, 3.63) is 88.5 Å². The van der Waals surface area contributed by atoms with Crippen molar-refractivity contribution in [2.45, 2.75) is 18.9 Å². The number of aryl methyl sites for hydroxylation is 1. The van der Waals surface area contributed by atoms with E-state index in [1.807, 2.05) is 53.0 Å². The van der Waals surface area contributed by atoms with Crippen LogP contribution in [0.5, 0.6) is 0 Å². The van der Waals surface area contributed by atoms with Crippen LogP contribution < -0.4 is 10.2 Å². The van der Waals surface area contributed by atoms with Crippen LogP contribution in [-0.4, -0.2) is 33.5 Å². The molecular weight excluding hydrogens is 394 g/mol. The number of amides is 1. The molecular formula is C23H25N5O3. The van der Waals surface area contributed by atoms with Gasteiger partial charge in [-0.2, -0.15) is 0 Å². The van der Waals surface area contributed by atoms with Crippen molar-refractivity contribution in [2.24, 2.45) is 13.0 Å². The highest BCUT2D eigenvalue weighted by Gasteiger charge is 2.30. The Labute approximate surface area is 180 Å². The molecule has 1 amide bonds. The Bertz CT molecular complexity index is 1060. The molecule has 1 aromatic heterocycles. The molecule has 160 valence electrons. The van der Waals surface area contributed by atoms with Gasteiger partial charge < -0.3 is 14.8 Å². The fraction of sp³-hybridized carbons (Fsp3) is 0.304. The molecule has 0 saturated carbocycles. The minimum atomic E-state index is -0.356. The molecule has 31 heavy (non-hydrogen) atoms. The van der Waals surface area contributed by atoms with E-state index in [0.29, 0.717) is 31.6 Å². The van der Waals surface area contributed by atoms with Crippen molar-refractivity contribution in [3.8, 4) is 0 Å². The molecule has 8 heteroatoms. The fourth-order valence-corrected chi connectivity index (χ4v) is 4.13. The van der Waals surface area contributed by atoms with Crippen LogP contribution in [-0.2, 0) is 11.8 Å². The topological polar surface area (TPSA) is 93.3 Å². The fourth-order valence-electron chi connectivity index (χ4n) is 4.13. The number of hydrogen-bond acceptors (Lipinski definition) is 5. The maximum absolute atomic E-state index is 13.1. The summed E-state index contributed by atoms with van der Waals surface area (Å²) in [6.45, 7) is 1.20. The van der Waals surface area contributed by atoms with Crippen LogP contribution in [0.4, 0.5) is 11.4 Å². The average molecular weight is 419 g/mol. The lowest BCUT2D eigenvalue weighted by Crippen LogP contribution is -2.42. The number of carbonyl (C=O) groups excluding carboxylic acids is 1. The summed E-state index contributed by atoms with van der Waals surface area (Å²) in [5, 5.41) is 14.5. The van der Waals surface area contributed by atoms with Gasteiger partial charge in [-0.25, -0.2) is 4.98 Å². The first-order chi connectivity index (χ1) is 15.0. The standard InChI is InChI=1S/C23H25N5O3/c1-26-16-13-24-22(26)21(17-7-3-2-4-8-17)25-23(29)18-11-14-27(15-12-18)19-9-5-6-10-20(19)28(30)31/h2-10,13,16,18,21H,11-12,14-15H2,1H3,(H,25,29)/t21-/m1/s1. The van der Waals surface area contributed by atoms with Crippen molar-refractivity contribution < 1.29 is 9.72 Å². The number of carbonyl (C=O) groups is 1. The molecule has 3 aromatic rings. The summed E-state index contributed by atoms with van der Waals surface area (Å²) in [5.74, 6) is 0.612. The molecule has 0 spiro atoms. The smallest absolute Gasteiger partial charge is 0.292 e. The number of nitrogens with zero attached hydrogens (tertiary/aromatic N) is 4. The number of nitrogens with one attached hydrogen (secondary N) is 1. The van der Waals surface area contributed by atoms with E-state index in [-0.39, 0.29) is 28.5 Å². The number of nitro groups is 1. The summed E-state index contributed by atoms with van der Waals surface area (Å²) in [5.41, 5.74) is 1.69. The number of hydrogen-bond donors (Lipinski definition) is 1. The lowest BCUT2D eigenvalue weighted by molar-refractivity contribution is -0.384. The summed E-state index contributed by atoms with van der Waals surface area (Å²) < 4.78 is 1.91. The quantitative estimate of drug-likeness (QED) is 0.488. The maximum Gasteiger partial charge on any atom is 0.292 e. The van der Waals surface area contributed by atoms with Crippen LogP contribution in [0.25, 0.3) is 0 Å². The van der Waals surface area contributed by atoms with E-state index in [1.165, 1.54) is 6.07 Å². The van der Waals surface area contributed by atoms with E-state index < -0.39 is 0 Å². The largest absolute Gasteiger partial charge is 0.366 e. The lowest BCUT2D eigenvalue weighted by Gasteiger charge is -2.33. The van der Waals surface area contributed by atoms with Gasteiger partial charge in [0.2, 0.25) is 5.91 Å². The van der Waals surface area contributed by atoms with E-state index in [2.05, 4.69) is 10.3 Å². The van der Waals surface area contributed by atoms with E-state index in [0.717, 1.165) is 11.4 Å². The Balaban J connectivity index is 1.46. The third kappa shape index (κ3) is 4.42. The van der Waals surface area contributed by atoms with Crippen molar-refractivity contribution in [1.29, 1.82) is 0 Å². The minimum Gasteiger partial charge on any atom is -0.366 e. The predicted octanol–water partition coefficient (Wildman–Crippen LogP) is 3.45. The normalized spacial score (nSPS) is 15.5. The van der Waals surface area contributed by atoms with Crippen LogP contribution in [0.3, 0.4) is 0 Å². The zero-order valence-corrected chi connectivity index (χ0v) is 17.3. The highest BCUT2D eigenvalue weighted by Crippen LogP contribution is 2.31. The molecule has 2 heterocycles. The second kappa shape index (κ2) is 8.99. The molecule has 1 fully saturated rings. The average Bonchev–Trinajstić information content (AvgIpc) is 3.23. The van der Waals surface area contributed by atoms with E-state index >= 15 is 0 Å². The summed E-state index contributed by atoms with van der Waals surface area (Å²) in [7, 11) is 1.91. The minimum absolute atomic E-state index is 0.0148. The van der Waals surface area contributed by atoms with Gasteiger partial charge in [-0.3, -0.25) is 14.9 Å². The molecule has 0 bridgehead atoms. The number of anilines is 1.